The van der Waals surface area contributed by atoms with Crippen LogP contribution in [0, 0.1) is 17.6 Å². The quantitative estimate of drug-likeness (QED) is 0.684. The highest BCUT2D eigenvalue weighted by Crippen LogP contribution is 2.25. The first-order valence-electron chi connectivity index (χ1n) is 6.49. The van der Waals surface area contributed by atoms with Crippen molar-refractivity contribution in [1.29, 1.82) is 0 Å². The van der Waals surface area contributed by atoms with Crippen LogP contribution in [0.3, 0.4) is 0 Å². The maximum Gasteiger partial charge on any atom is 0.143 e. The smallest absolute Gasteiger partial charge is 0.143 e. The molecule has 1 unspecified atom stereocenters. The number of halogens is 4. The predicted molar refractivity (Wildman–Crippen MR) is 86.2 cm³/mol. The van der Waals surface area contributed by atoms with Gasteiger partial charge in [0.1, 0.15) is 11.6 Å². The topological polar surface area (TPSA) is 20.2 Å². The van der Waals surface area contributed by atoms with Crippen LogP contribution in [0.2, 0.25) is 0 Å². The monoisotopic (exact) mass is 418 g/mol. The van der Waals surface area contributed by atoms with Crippen molar-refractivity contribution in [3.05, 3.63) is 68.1 Å². The lowest BCUT2D eigenvalue weighted by Crippen LogP contribution is -2.15. The van der Waals surface area contributed by atoms with Gasteiger partial charge in [-0.15, -0.1) is 0 Å². The van der Waals surface area contributed by atoms with Crippen LogP contribution in [-0.2, 0) is 12.8 Å². The van der Waals surface area contributed by atoms with Gasteiger partial charge in [-0.3, -0.25) is 0 Å². The summed E-state index contributed by atoms with van der Waals surface area (Å²) in [6, 6.07) is 10.3. The highest BCUT2D eigenvalue weighted by molar-refractivity contribution is 9.10. The van der Waals surface area contributed by atoms with Gasteiger partial charge in [0.25, 0.3) is 0 Å². The molecule has 0 spiro atoms. The highest BCUT2D eigenvalue weighted by Gasteiger charge is 2.18. The molecule has 0 aliphatic carbocycles. The Hall–Kier alpha value is -0.780. The largest absolute Gasteiger partial charge is 0.396 e. The Kier molecular flexibility index (Phi) is 5.90. The Morgan fingerprint density at radius 1 is 0.952 bits per heavy atom. The van der Waals surface area contributed by atoms with Crippen molar-refractivity contribution in [3.8, 4) is 0 Å². The zero-order chi connectivity index (χ0) is 15.4. The lowest BCUT2D eigenvalue weighted by molar-refractivity contribution is 0.223. The third kappa shape index (κ3) is 4.34. The summed E-state index contributed by atoms with van der Waals surface area (Å²) in [6.45, 7) is -0.124. The lowest BCUT2D eigenvalue weighted by atomic mass is 9.93. The molecule has 0 amide bonds. The molecule has 0 fully saturated rings. The van der Waals surface area contributed by atoms with Crippen molar-refractivity contribution < 1.29 is 13.9 Å². The number of aliphatic hydroxyl groups excluding tert-OH is 1. The first-order chi connectivity index (χ1) is 10.0. The fourth-order valence-corrected chi connectivity index (χ4v) is 2.84. The van der Waals surface area contributed by atoms with Gasteiger partial charge in [-0.05, 0) is 64.5 Å². The van der Waals surface area contributed by atoms with Gasteiger partial charge in [0, 0.05) is 16.6 Å². The number of benzene rings is 2. The molecule has 21 heavy (non-hydrogen) atoms. The fraction of sp³-hybridized carbons (Fsp3) is 0.250. The van der Waals surface area contributed by atoms with Crippen LogP contribution in [0.1, 0.15) is 11.1 Å². The molecule has 0 aliphatic heterocycles. The molecule has 112 valence electrons. The van der Waals surface area contributed by atoms with Crippen molar-refractivity contribution in [1.82, 2.24) is 0 Å². The van der Waals surface area contributed by atoms with Crippen molar-refractivity contribution in [2.75, 3.05) is 6.61 Å². The van der Waals surface area contributed by atoms with Crippen LogP contribution in [0.4, 0.5) is 8.78 Å². The molecule has 0 radical (unpaired) electrons. The first-order valence-corrected chi connectivity index (χ1v) is 8.07. The summed E-state index contributed by atoms with van der Waals surface area (Å²) in [5.74, 6) is -1.40. The van der Waals surface area contributed by atoms with E-state index < -0.39 is 11.6 Å². The minimum Gasteiger partial charge on any atom is -0.396 e. The minimum absolute atomic E-state index is 0.0144. The Balaban J connectivity index is 2.16. The second-order valence-corrected chi connectivity index (χ2v) is 6.68. The first kappa shape index (κ1) is 16.6. The molecular formula is C16H14Br2F2O. The molecule has 2 aromatic rings. The normalized spacial score (nSPS) is 12.4. The van der Waals surface area contributed by atoms with Crippen LogP contribution < -0.4 is 0 Å². The molecule has 2 rings (SSSR count). The fourth-order valence-electron chi connectivity index (χ4n) is 2.20. The lowest BCUT2D eigenvalue weighted by Gasteiger charge is -2.16. The summed E-state index contributed by atoms with van der Waals surface area (Å²) in [4.78, 5) is 0. The summed E-state index contributed by atoms with van der Waals surface area (Å²) in [6.07, 6.45) is 0.721. The summed E-state index contributed by atoms with van der Waals surface area (Å²) in [5, 5.41) is 9.49. The third-order valence-electron chi connectivity index (χ3n) is 3.33. The zero-order valence-electron chi connectivity index (χ0n) is 11.1. The predicted octanol–water partition coefficient (Wildman–Crippen LogP) is 4.88. The van der Waals surface area contributed by atoms with Gasteiger partial charge in [0.15, 0.2) is 0 Å². The molecule has 1 atom stereocenters. The Morgan fingerprint density at radius 2 is 1.62 bits per heavy atom. The van der Waals surface area contributed by atoms with E-state index in [1.807, 2.05) is 24.3 Å². The molecule has 2 aromatic carbocycles. The van der Waals surface area contributed by atoms with Gasteiger partial charge in [-0.2, -0.15) is 0 Å². The van der Waals surface area contributed by atoms with Gasteiger partial charge in [0.05, 0.1) is 4.47 Å². The van der Waals surface area contributed by atoms with E-state index in [0.717, 1.165) is 10.0 Å². The van der Waals surface area contributed by atoms with E-state index in [2.05, 4.69) is 31.9 Å². The summed E-state index contributed by atoms with van der Waals surface area (Å²) in [7, 11) is 0. The Morgan fingerprint density at radius 3 is 2.24 bits per heavy atom. The second kappa shape index (κ2) is 7.47. The van der Waals surface area contributed by atoms with Gasteiger partial charge >= 0.3 is 0 Å². The van der Waals surface area contributed by atoms with E-state index in [4.69, 9.17) is 0 Å². The summed E-state index contributed by atoms with van der Waals surface area (Å²) < 4.78 is 29.0. The maximum atomic E-state index is 14.0. The van der Waals surface area contributed by atoms with Crippen molar-refractivity contribution >= 4 is 31.9 Å². The van der Waals surface area contributed by atoms with Gasteiger partial charge < -0.3 is 5.11 Å². The SMILES string of the molecule is OCC(Cc1ccc(Br)cc1)Cc1c(F)ccc(Br)c1F. The average Bonchev–Trinajstić information content (AvgIpc) is 2.48. The third-order valence-corrected chi connectivity index (χ3v) is 4.47. The maximum absolute atomic E-state index is 14.0. The van der Waals surface area contributed by atoms with Crippen LogP contribution in [-0.4, -0.2) is 11.7 Å². The van der Waals surface area contributed by atoms with E-state index in [1.54, 1.807) is 0 Å². The van der Waals surface area contributed by atoms with Gasteiger partial charge in [-0.25, -0.2) is 8.78 Å². The Labute approximate surface area is 139 Å². The molecule has 0 bridgehead atoms. The number of aliphatic hydroxyl groups is 1. The van der Waals surface area contributed by atoms with Gasteiger partial charge in [-0.1, -0.05) is 28.1 Å². The number of hydrogen-bond donors (Lipinski definition) is 1. The van der Waals surface area contributed by atoms with E-state index in [-0.39, 0.29) is 29.0 Å². The molecule has 0 aliphatic rings. The molecule has 5 heteroatoms. The number of hydrogen-bond acceptors (Lipinski definition) is 1. The van der Waals surface area contributed by atoms with E-state index in [9.17, 15) is 13.9 Å². The van der Waals surface area contributed by atoms with E-state index >= 15 is 0 Å². The Bertz CT molecular complexity index is 614. The second-order valence-electron chi connectivity index (χ2n) is 4.91. The van der Waals surface area contributed by atoms with E-state index in [1.165, 1.54) is 12.1 Å². The summed E-state index contributed by atoms with van der Waals surface area (Å²) >= 11 is 6.41. The standard InChI is InChI=1S/C16H14Br2F2O/c17-12-3-1-10(2-4-12)7-11(9-21)8-13-15(19)6-5-14(18)16(13)20/h1-6,11,21H,7-9H2. The number of rotatable bonds is 5. The van der Waals surface area contributed by atoms with Crippen LogP contribution in [0.25, 0.3) is 0 Å². The van der Waals surface area contributed by atoms with Crippen LogP contribution >= 0.6 is 31.9 Å². The summed E-state index contributed by atoms with van der Waals surface area (Å²) in [5.41, 5.74) is 1.04. The zero-order valence-corrected chi connectivity index (χ0v) is 14.3. The molecule has 0 heterocycles. The van der Waals surface area contributed by atoms with Crippen molar-refractivity contribution in [2.24, 2.45) is 5.92 Å². The minimum atomic E-state index is -0.593. The van der Waals surface area contributed by atoms with Gasteiger partial charge in [0.2, 0.25) is 0 Å². The molecular weight excluding hydrogens is 406 g/mol. The van der Waals surface area contributed by atoms with Crippen LogP contribution in [0.5, 0.6) is 0 Å². The van der Waals surface area contributed by atoms with Crippen LogP contribution in [0.15, 0.2) is 45.3 Å². The van der Waals surface area contributed by atoms with E-state index in [0.29, 0.717) is 6.42 Å². The molecule has 1 N–H and O–H groups in total. The molecule has 0 aromatic heterocycles. The van der Waals surface area contributed by atoms with Crippen molar-refractivity contribution in [3.63, 3.8) is 0 Å². The molecule has 0 saturated carbocycles. The average molecular weight is 420 g/mol. The van der Waals surface area contributed by atoms with Crippen molar-refractivity contribution in [2.45, 2.75) is 12.8 Å². The molecule has 1 nitrogen and oxygen atoms in total. The molecule has 0 saturated heterocycles. The highest BCUT2D eigenvalue weighted by atomic mass is 79.9.